The second kappa shape index (κ2) is 15.8. The number of thiazole rings is 1. The summed E-state index contributed by atoms with van der Waals surface area (Å²) >= 11 is 1.53. The van der Waals surface area contributed by atoms with Crippen LogP contribution in [0.2, 0.25) is 5.54 Å². The number of methoxy groups -OCH3 is 1. The van der Waals surface area contributed by atoms with Crippen molar-refractivity contribution in [1.82, 2.24) is 30.0 Å². The van der Waals surface area contributed by atoms with Crippen molar-refractivity contribution in [3.63, 3.8) is 0 Å². The molecule has 4 aromatic rings. The number of ether oxygens (including phenoxy) is 3. The van der Waals surface area contributed by atoms with E-state index in [0.717, 1.165) is 56.2 Å². The summed E-state index contributed by atoms with van der Waals surface area (Å²) in [7, 11) is 1.58. The van der Waals surface area contributed by atoms with Crippen LogP contribution in [0.5, 0.6) is 0 Å². The zero-order valence-electron chi connectivity index (χ0n) is 33.1. The number of esters is 1. The van der Waals surface area contributed by atoms with Crippen LogP contribution in [0.3, 0.4) is 0 Å². The van der Waals surface area contributed by atoms with E-state index in [4.69, 9.17) is 24.2 Å². The molecule has 2 amide bonds. The van der Waals surface area contributed by atoms with E-state index >= 15 is 0 Å². The summed E-state index contributed by atoms with van der Waals surface area (Å²) in [6.45, 7) is 13.3. The lowest BCUT2D eigenvalue weighted by molar-refractivity contribution is -0.154. The average molecular weight is 797 g/mol. The highest BCUT2D eigenvalue weighted by Crippen LogP contribution is 2.46. The number of fused-ring (bicyclic) bond motifs is 6. The molecule has 3 aliphatic heterocycles. The molecule has 1 saturated carbocycles. The zero-order valence-corrected chi connectivity index (χ0v) is 34.9. The zero-order chi connectivity index (χ0) is 39.3. The van der Waals surface area contributed by atoms with E-state index in [1.165, 1.54) is 11.3 Å². The summed E-state index contributed by atoms with van der Waals surface area (Å²) in [5, 5.41) is 5.56. The first kappa shape index (κ1) is 38.9. The van der Waals surface area contributed by atoms with Gasteiger partial charge in [-0.25, -0.2) is 10.4 Å². The van der Waals surface area contributed by atoms with Crippen molar-refractivity contribution in [1.29, 1.82) is 0 Å². The van der Waals surface area contributed by atoms with Crippen molar-refractivity contribution < 1.29 is 28.6 Å². The number of carbonyl (C=O) groups is 3. The van der Waals surface area contributed by atoms with Crippen molar-refractivity contribution >= 4 is 49.7 Å². The van der Waals surface area contributed by atoms with Gasteiger partial charge in [0.15, 0.2) is 9.68 Å². The molecule has 12 nitrogen and oxygen atoms in total. The van der Waals surface area contributed by atoms with Gasteiger partial charge in [0.2, 0.25) is 11.8 Å². The minimum absolute atomic E-state index is 0.00131. The Bertz CT molecular complexity index is 2120. The summed E-state index contributed by atoms with van der Waals surface area (Å²) < 4.78 is 20.0. The Morgan fingerprint density at radius 3 is 2.73 bits per heavy atom. The van der Waals surface area contributed by atoms with E-state index in [-0.39, 0.29) is 46.1 Å². The Balaban J connectivity index is 1.23. The van der Waals surface area contributed by atoms with Gasteiger partial charge in [0.1, 0.15) is 6.04 Å². The number of amides is 2. The smallest absolute Gasteiger partial charge is 0.324 e. The van der Waals surface area contributed by atoms with E-state index in [9.17, 15) is 14.4 Å². The molecule has 1 aromatic carbocycles. The number of nitrogens with zero attached hydrogens (tertiary/aromatic N) is 4. The fourth-order valence-electron chi connectivity index (χ4n) is 8.45. The molecule has 3 aromatic heterocycles. The van der Waals surface area contributed by atoms with Crippen LogP contribution >= 0.6 is 11.3 Å². The van der Waals surface area contributed by atoms with Gasteiger partial charge in [-0.15, -0.1) is 11.3 Å². The van der Waals surface area contributed by atoms with Gasteiger partial charge in [-0.2, -0.15) is 0 Å². The third kappa shape index (κ3) is 7.70. The number of hydrazine groups is 1. The number of cyclic esters (lactones) is 1. The third-order valence-corrected chi connectivity index (χ3v) is 14.2. The van der Waals surface area contributed by atoms with Gasteiger partial charge in [-0.05, 0) is 67.9 Å². The third-order valence-electron chi connectivity index (χ3n) is 12.2. The summed E-state index contributed by atoms with van der Waals surface area (Å²) in [5.41, 5.74) is 9.27. The number of benzene rings is 1. The lowest BCUT2D eigenvalue weighted by Crippen LogP contribution is -2.57. The minimum Gasteiger partial charge on any atom is -0.464 e. The molecule has 3 fully saturated rings. The van der Waals surface area contributed by atoms with Crippen LogP contribution in [0, 0.1) is 29.1 Å². The Labute approximate surface area is 335 Å². The van der Waals surface area contributed by atoms with Gasteiger partial charge in [0.25, 0.3) is 0 Å². The number of aromatic nitrogens is 3. The highest BCUT2D eigenvalue weighted by molar-refractivity contribution is 7.10. The maximum Gasteiger partial charge on any atom is 0.324 e. The molecule has 0 spiro atoms. The van der Waals surface area contributed by atoms with Crippen LogP contribution in [0.25, 0.3) is 33.4 Å². The van der Waals surface area contributed by atoms with Gasteiger partial charge in [-0.3, -0.25) is 24.4 Å². The predicted molar refractivity (Wildman–Crippen MR) is 215 cm³/mol. The van der Waals surface area contributed by atoms with Crippen molar-refractivity contribution in [3.8, 4) is 22.5 Å². The van der Waals surface area contributed by atoms with E-state index in [0.29, 0.717) is 63.2 Å². The van der Waals surface area contributed by atoms with Crippen LogP contribution in [-0.2, 0) is 48.0 Å². The Kier molecular flexibility index (Phi) is 11.0. The maximum absolute atomic E-state index is 14.2. The first-order chi connectivity index (χ1) is 26.9. The second-order valence-electron chi connectivity index (χ2n) is 16.9. The molecule has 296 valence electrons. The molecule has 14 heteroatoms. The predicted octanol–water partition coefficient (Wildman–Crippen LogP) is 5.77. The second-order valence-corrected chi connectivity index (χ2v) is 19.1. The molecule has 8 rings (SSSR count). The van der Waals surface area contributed by atoms with Crippen molar-refractivity contribution in [2.45, 2.75) is 84.5 Å². The highest BCUT2D eigenvalue weighted by atomic mass is 32.1. The molecule has 56 heavy (non-hydrogen) atoms. The Hall–Kier alpha value is -3.95. The molecule has 6 bridgehead atoms. The lowest BCUT2D eigenvalue weighted by atomic mass is 9.84. The lowest BCUT2D eigenvalue weighted by Gasteiger charge is -2.35. The fourth-order valence-corrected chi connectivity index (χ4v) is 10.5. The standard InChI is InChI=1S/C42H52N6O6SSi/c1-23-24(2)36(23)39(49)46-56-34-16-35-44-32(21-55-35)27-11-12-33-29(15-27)30(17-42(4,5)22-54-41(51)31-10-8-14-48(45-31)40(34)50)38(47(33)18-26-19-53-20-26)28-9-7-13-43-37(28)25(3)52-6/h7,9,11-13,15,21,23-26,31,34,36,45H,8,10,14,16-20,22H2,1-6H3,(H,46,49)/t23-,24+,25-,31-,34-,36?/m0/s1. The van der Waals surface area contributed by atoms with E-state index < -0.39 is 17.0 Å². The van der Waals surface area contributed by atoms with Crippen molar-refractivity contribution in [2.75, 3.05) is 33.5 Å². The van der Waals surface area contributed by atoms with Gasteiger partial charge < -0.3 is 23.8 Å². The van der Waals surface area contributed by atoms with E-state index in [2.05, 4.69) is 72.3 Å². The quantitative estimate of drug-likeness (QED) is 0.168. The number of rotatable bonds is 8. The van der Waals surface area contributed by atoms with E-state index in [1.54, 1.807) is 12.1 Å². The molecular weight excluding hydrogens is 745 g/mol. The summed E-state index contributed by atoms with van der Waals surface area (Å²) in [4.78, 5) is 54.1. The molecule has 6 atom stereocenters. The Morgan fingerprint density at radius 2 is 2.00 bits per heavy atom. The molecule has 6 heterocycles. The van der Waals surface area contributed by atoms with Crippen LogP contribution in [0.1, 0.15) is 69.8 Å². The van der Waals surface area contributed by atoms with Crippen LogP contribution in [0.15, 0.2) is 41.9 Å². The van der Waals surface area contributed by atoms with Crippen LogP contribution in [-0.4, -0.2) is 86.5 Å². The molecule has 1 aliphatic carbocycles. The topological polar surface area (TPSA) is 137 Å². The largest absolute Gasteiger partial charge is 0.464 e. The molecule has 2 N–H and O–H groups in total. The first-order valence-corrected chi connectivity index (χ1v) is 21.8. The average Bonchev–Trinajstić information content (AvgIpc) is 3.46. The first-order valence-electron chi connectivity index (χ1n) is 19.9. The number of hydrogen-bond donors (Lipinski definition) is 2. The van der Waals surface area contributed by atoms with Crippen molar-refractivity contribution in [3.05, 3.63) is 58.2 Å². The number of carbonyl (C=O) groups excluding carboxylic acids is 3. The highest BCUT2D eigenvalue weighted by Gasteiger charge is 2.48. The summed E-state index contributed by atoms with van der Waals surface area (Å²) in [6, 6.07) is 10.0. The van der Waals surface area contributed by atoms with Crippen molar-refractivity contribution in [2.24, 2.45) is 29.1 Å². The molecule has 1 unspecified atom stereocenters. The number of nitrogens with one attached hydrogen (secondary N) is 2. The number of hydrogen-bond acceptors (Lipinski definition) is 10. The Morgan fingerprint density at radius 1 is 1.20 bits per heavy atom. The monoisotopic (exact) mass is 796 g/mol. The molecule has 4 aliphatic rings. The summed E-state index contributed by atoms with van der Waals surface area (Å²) in [6.07, 6.45) is 3.80. The maximum atomic E-state index is 14.2. The molecular formula is C42H52N6O6SSi. The fraction of sp³-hybridized carbons (Fsp3) is 0.548. The van der Waals surface area contributed by atoms with Gasteiger partial charge in [0.05, 0.1) is 53.6 Å². The van der Waals surface area contributed by atoms with E-state index in [1.807, 2.05) is 19.2 Å². The van der Waals surface area contributed by atoms with Crippen LogP contribution < -0.4 is 10.4 Å². The normalized spacial score (nSPS) is 26.0. The van der Waals surface area contributed by atoms with Gasteiger partial charge >= 0.3 is 5.97 Å². The number of pyridine rings is 1. The SMILES string of the molecule is CO[C@@H](C)c1ncccc1-c1c2c3cc(ccc3n1CC1COC1)-c1csc(n1)C[C@H]([Si]NC(=O)C1[C@@H](C)[C@H]1C)C(=O)N1CCC[C@H](N1)C(=O)OCC(C)(C)C2. The van der Waals surface area contributed by atoms with Gasteiger partial charge in [-0.1, -0.05) is 33.8 Å². The minimum atomic E-state index is -0.654. The summed E-state index contributed by atoms with van der Waals surface area (Å²) in [5.74, 6) is 0.504. The molecule has 2 saturated heterocycles. The van der Waals surface area contributed by atoms with Crippen LogP contribution in [0.4, 0.5) is 0 Å². The van der Waals surface area contributed by atoms with Gasteiger partial charge in [0, 0.05) is 77.5 Å². The molecule has 2 radical (unpaired) electrons.